The van der Waals surface area contributed by atoms with Crippen molar-refractivity contribution in [3.05, 3.63) is 41.1 Å². The number of rotatable bonds is 2. The smallest absolute Gasteiger partial charge is 0.303 e. The zero-order chi connectivity index (χ0) is 16.9. The third-order valence-corrected chi connectivity index (χ3v) is 5.25. The molecule has 2 aromatic heterocycles. The molecular formula is C17H17ClF2N4. The van der Waals surface area contributed by atoms with Crippen LogP contribution in [0.2, 0.25) is 5.15 Å². The highest BCUT2D eigenvalue weighted by atomic mass is 35.5. The maximum absolute atomic E-state index is 13.6. The first-order valence-corrected chi connectivity index (χ1v) is 8.42. The molecule has 1 saturated carbocycles. The van der Waals surface area contributed by atoms with Gasteiger partial charge in [-0.15, -0.1) is 0 Å². The van der Waals surface area contributed by atoms with E-state index in [9.17, 15) is 8.78 Å². The van der Waals surface area contributed by atoms with Crippen molar-refractivity contribution in [2.75, 3.05) is 11.4 Å². The third kappa shape index (κ3) is 2.44. The van der Waals surface area contributed by atoms with Gasteiger partial charge in [0.15, 0.2) is 0 Å². The number of fused-ring (bicyclic) bond motifs is 2. The molecule has 0 N–H and O–H groups in total. The summed E-state index contributed by atoms with van der Waals surface area (Å²) >= 11 is 6.08. The van der Waals surface area contributed by atoms with Crippen LogP contribution in [0.25, 0.3) is 0 Å². The second kappa shape index (κ2) is 5.34. The Labute approximate surface area is 143 Å². The minimum atomic E-state index is -3.07. The molecule has 0 saturated heterocycles. The molecule has 0 unspecified atom stereocenters. The third-order valence-electron chi connectivity index (χ3n) is 5.04. The molecule has 4 rings (SSSR count). The van der Waals surface area contributed by atoms with Crippen molar-refractivity contribution in [3.63, 3.8) is 0 Å². The maximum Gasteiger partial charge on any atom is 0.303 e. The van der Waals surface area contributed by atoms with Gasteiger partial charge in [0.05, 0.1) is 5.69 Å². The number of nitrogens with zero attached hydrogens (tertiary/aromatic N) is 4. The Kier molecular flexibility index (Phi) is 3.49. The highest BCUT2D eigenvalue weighted by molar-refractivity contribution is 6.29. The van der Waals surface area contributed by atoms with Crippen LogP contribution in [0.4, 0.5) is 20.3 Å². The molecule has 126 valence electrons. The van der Waals surface area contributed by atoms with E-state index in [1.54, 1.807) is 12.1 Å². The van der Waals surface area contributed by atoms with E-state index < -0.39 is 11.7 Å². The van der Waals surface area contributed by atoms with Gasteiger partial charge in [-0.05, 0) is 25.0 Å². The Morgan fingerprint density at radius 1 is 1.25 bits per heavy atom. The Morgan fingerprint density at radius 2 is 2.00 bits per heavy atom. The Morgan fingerprint density at radius 3 is 2.71 bits per heavy atom. The molecule has 3 heterocycles. The van der Waals surface area contributed by atoms with E-state index in [2.05, 4.69) is 15.0 Å². The second-order valence-electron chi connectivity index (χ2n) is 6.72. The maximum atomic E-state index is 13.6. The van der Waals surface area contributed by atoms with Crippen molar-refractivity contribution >= 4 is 23.1 Å². The number of pyridine rings is 1. The van der Waals surface area contributed by atoms with E-state index in [0.717, 1.165) is 50.4 Å². The van der Waals surface area contributed by atoms with Crippen LogP contribution in [0, 0.1) is 0 Å². The minimum Gasteiger partial charge on any atom is -0.325 e. The van der Waals surface area contributed by atoms with Gasteiger partial charge in [0.25, 0.3) is 0 Å². The van der Waals surface area contributed by atoms with Crippen LogP contribution in [0.1, 0.15) is 44.0 Å². The monoisotopic (exact) mass is 350 g/mol. The molecule has 24 heavy (non-hydrogen) atoms. The van der Waals surface area contributed by atoms with Crippen LogP contribution in [-0.4, -0.2) is 21.5 Å². The van der Waals surface area contributed by atoms with Crippen molar-refractivity contribution in [2.45, 2.75) is 43.9 Å². The van der Waals surface area contributed by atoms with Gasteiger partial charge in [-0.1, -0.05) is 24.4 Å². The van der Waals surface area contributed by atoms with Crippen LogP contribution in [-0.2, 0) is 11.3 Å². The molecule has 2 aliphatic rings. The highest BCUT2D eigenvalue weighted by Gasteiger charge is 2.46. The number of hydrogen-bond donors (Lipinski definition) is 0. The number of anilines is 2. The number of halogens is 3. The molecule has 7 heteroatoms. The van der Waals surface area contributed by atoms with E-state index >= 15 is 0 Å². The molecule has 1 aliphatic carbocycles. The summed E-state index contributed by atoms with van der Waals surface area (Å²) in [4.78, 5) is 14.0. The van der Waals surface area contributed by atoms with Crippen LogP contribution in [0.15, 0.2) is 24.5 Å². The zero-order valence-corrected chi connectivity index (χ0v) is 14.0. The molecule has 0 atom stereocenters. The lowest BCUT2D eigenvalue weighted by molar-refractivity contribution is 0.00778. The minimum absolute atomic E-state index is 0.0206. The SMILES string of the molecule is CC(F)(F)c1nccc(N2CC3(CCCC3)c3cnc(Cl)cc32)n1. The first-order chi connectivity index (χ1) is 11.4. The van der Waals surface area contributed by atoms with Crippen LogP contribution in [0.3, 0.4) is 0 Å². The van der Waals surface area contributed by atoms with Crippen molar-refractivity contribution in [1.82, 2.24) is 15.0 Å². The van der Waals surface area contributed by atoms with Crippen LogP contribution in [0.5, 0.6) is 0 Å². The molecule has 0 bridgehead atoms. The van der Waals surface area contributed by atoms with Gasteiger partial charge in [0.1, 0.15) is 11.0 Å². The summed E-state index contributed by atoms with van der Waals surface area (Å²) in [5.41, 5.74) is 2.08. The topological polar surface area (TPSA) is 41.9 Å². The number of hydrogen-bond acceptors (Lipinski definition) is 4. The fourth-order valence-corrected chi connectivity index (χ4v) is 4.07. The lowest BCUT2D eigenvalue weighted by Gasteiger charge is -2.25. The molecule has 4 nitrogen and oxygen atoms in total. The van der Waals surface area contributed by atoms with Gasteiger partial charge >= 0.3 is 5.92 Å². The molecule has 1 spiro atoms. The van der Waals surface area contributed by atoms with Crippen molar-refractivity contribution in [1.29, 1.82) is 0 Å². The fraction of sp³-hybridized carbons (Fsp3) is 0.471. The Bertz CT molecular complexity index is 784. The fourth-order valence-electron chi connectivity index (χ4n) is 3.92. The van der Waals surface area contributed by atoms with Gasteiger partial charge in [-0.3, -0.25) is 0 Å². The number of alkyl halides is 2. The van der Waals surface area contributed by atoms with Gasteiger partial charge in [-0.25, -0.2) is 15.0 Å². The van der Waals surface area contributed by atoms with E-state index in [1.807, 2.05) is 11.1 Å². The Balaban J connectivity index is 1.82. The average Bonchev–Trinajstić information content (AvgIpc) is 3.13. The molecule has 2 aromatic rings. The Hall–Kier alpha value is -1.82. The predicted octanol–water partition coefficient (Wildman–Crippen LogP) is 4.60. The molecule has 0 amide bonds. The standard InChI is InChI=1S/C17H17ClF2N4/c1-16(19,20)15-21-7-4-14(23-15)24-10-17(5-2-3-6-17)11-9-22-13(18)8-12(11)24/h4,7-9H,2-3,5-6,10H2,1H3. The largest absolute Gasteiger partial charge is 0.325 e. The quantitative estimate of drug-likeness (QED) is 0.742. The van der Waals surface area contributed by atoms with Crippen molar-refractivity contribution in [3.8, 4) is 0 Å². The summed E-state index contributed by atoms with van der Waals surface area (Å²) in [7, 11) is 0. The molecule has 0 radical (unpaired) electrons. The summed E-state index contributed by atoms with van der Waals surface area (Å²) in [6.45, 7) is 1.53. The normalized spacial score (nSPS) is 19.1. The summed E-state index contributed by atoms with van der Waals surface area (Å²) < 4.78 is 27.2. The van der Waals surface area contributed by atoms with Gasteiger partial charge in [-0.2, -0.15) is 8.78 Å². The lowest BCUT2D eigenvalue weighted by atomic mass is 9.82. The van der Waals surface area contributed by atoms with Gasteiger partial charge in [0.2, 0.25) is 5.82 Å². The summed E-state index contributed by atoms with van der Waals surface area (Å²) in [5.74, 6) is -3.05. The summed E-state index contributed by atoms with van der Waals surface area (Å²) in [5, 5.41) is 0.392. The first-order valence-electron chi connectivity index (χ1n) is 8.04. The van der Waals surface area contributed by atoms with Crippen molar-refractivity contribution < 1.29 is 8.78 Å². The second-order valence-corrected chi connectivity index (χ2v) is 7.11. The lowest BCUT2D eigenvalue weighted by Crippen LogP contribution is -2.29. The van der Waals surface area contributed by atoms with E-state index in [-0.39, 0.29) is 5.41 Å². The summed E-state index contributed by atoms with van der Waals surface area (Å²) in [6, 6.07) is 3.47. The van der Waals surface area contributed by atoms with E-state index in [4.69, 9.17) is 11.6 Å². The van der Waals surface area contributed by atoms with E-state index in [1.165, 1.54) is 6.20 Å². The van der Waals surface area contributed by atoms with Crippen LogP contribution < -0.4 is 4.90 Å². The van der Waals surface area contributed by atoms with E-state index in [0.29, 0.717) is 11.0 Å². The van der Waals surface area contributed by atoms with Gasteiger partial charge in [0, 0.05) is 36.8 Å². The predicted molar refractivity (Wildman–Crippen MR) is 88.0 cm³/mol. The highest BCUT2D eigenvalue weighted by Crippen LogP contribution is 2.52. The zero-order valence-electron chi connectivity index (χ0n) is 13.3. The first kappa shape index (κ1) is 15.7. The molecular weight excluding hydrogens is 334 g/mol. The van der Waals surface area contributed by atoms with Gasteiger partial charge < -0.3 is 4.90 Å². The average molecular weight is 351 g/mol. The van der Waals surface area contributed by atoms with Crippen molar-refractivity contribution in [2.24, 2.45) is 0 Å². The number of aromatic nitrogens is 3. The molecule has 0 aromatic carbocycles. The summed E-state index contributed by atoms with van der Waals surface area (Å²) in [6.07, 6.45) is 7.69. The van der Waals surface area contributed by atoms with Crippen LogP contribution >= 0.6 is 11.6 Å². The molecule has 1 fully saturated rings. The molecule has 1 aliphatic heterocycles.